The van der Waals surface area contributed by atoms with Gasteiger partial charge in [0.1, 0.15) is 12.7 Å². The van der Waals surface area contributed by atoms with E-state index in [1.165, 1.54) is 17.1 Å². The van der Waals surface area contributed by atoms with E-state index >= 15 is 0 Å². The first-order valence-corrected chi connectivity index (χ1v) is 10.0. The van der Waals surface area contributed by atoms with Gasteiger partial charge in [-0.3, -0.25) is 4.79 Å². The van der Waals surface area contributed by atoms with Crippen molar-refractivity contribution in [1.29, 1.82) is 0 Å². The first-order chi connectivity index (χ1) is 13.8. The minimum Gasteiger partial charge on any atom is -0.351 e. The summed E-state index contributed by atoms with van der Waals surface area (Å²) in [6.07, 6.45) is 3.22. The molecule has 5 nitrogen and oxygen atoms in total. The average molecular weight is 388 g/mol. The molecule has 0 saturated carbocycles. The van der Waals surface area contributed by atoms with Crippen molar-refractivity contribution in [2.75, 3.05) is 5.75 Å². The highest BCUT2D eigenvalue weighted by Crippen LogP contribution is 2.23. The summed E-state index contributed by atoms with van der Waals surface area (Å²) in [7, 11) is 0. The minimum absolute atomic E-state index is 0.0323. The van der Waals surface area contributed by atoms with Gasteiger partial charge in [-0.15, -0.1) is 11.8 Å². The van der Waals surface area contributed by atoms with Gasteiger partial charge in [0.15, 0.2) is 0 Å². The van der Waals surface area contributed by atoms with Crippen molar-refractivity contribution < 1.29 is 4.79 Å². The highest BCUT2D eigenvalue weighted by molar-refractivity contribution is 8.00. The summed E-state index contributed by atoms with van der Waals surface area (Å²) in [5.41, 5.74) is 2.22. The lowest BCUT2D eigenvalue weighted by molar-refractivity contribution is -0.118. The van der Waals surface area contributed by atoms with E-state index in [1.54, 1.807) is 22.8 Å². The number of hydrogen-bond acceptors (Lipinski definition) is 4. The number of hydrogen-bond donors (Lipinski definition) is 1. The van der Waals surface area contributed by atoms with Crippen LogP contribution in [0.1, 0.15) is 11.1 Å². The standard InChI is InChI=1S/C22H20N4OS/c27-22(14-28-21-10-9-19-3-1-2-4-20(19)11-21)24-12-17-5-7-18(8-6-17)13-26-16-23-15-25-26/h1-11,15-16H,12-14H2,(H,24,27). The lowest BCUT2D eigenvalue weighted by Gasteiger charge is -2.07. The minimum atomic E-state index is 0.0323. The summed E-state index contributed by atoms with van der Waals surface area (Å²) in [4.78, 5) is 17.2. The number of rotatable bonds is 7. The predicted octanol–water partition coefficient (Wildman–Crippen LogP) is 3.89. The quantitative estimate of drug-likeness (QED) is 0.488. The van der Waals surface area contributed by atoms with Gasteiger partial charge < -0.3 is 5.32 Å². The molecule has 28 heavy (non-hydrogen) atoms. The maximum Gasteiger partial charge on any atom is 0.230 e. The van der Waals surface area contributed by atoms with Crippen LogP contribution in [0.2, 0.25) is 0 Å². The van der Waals surface area contributed by atoms with E-state index in [0.717, 1.165) is 16.0 Å². The van der Waals surface area contributed by atoms with Crippen molar-refractivity contribution in [2.24, 2.45) is 0 Å². The molecule has 0 radical (unpaired) electrons. The number of nitrogens with one attached hydrogen (secondary N) is 1. The predicted molar refractivity (Wildman–Crippen MR) is 112 cm³/mol. The van der Waals surface area contributed by atoms with Gasteiger partial charge in [0.25, 0.3) is 0 Å². The van der Waals surface area contributed by atoms with Crippen LogP contribution in [0.15, 0.2) is 84.3 Å². The van der Waals surface area contributed by atoms with Gasteiger partial charge in [-0.2, -0.15) is 5.10 Å². The van der Waals surface area contributed by atoms with Gasteiger partial charge in [-0.05, 0) is 34.0 Å². The van der Waals surface area contributed by atoms with Crippen LogP contribution in [0.5, 0.6) is 0 Å². The number of fused-ring (bicyclic) bond motifs is 1. The van der Waals surface area contributed by atoms with Crippen LogP contribution in [0.3, 0.4) is 0 Å². The maximum absolute atomic E-state index is 12.2. The Morgan fingerprint density at radius 2 is 1.75 bits per heavy atom. The summed E-state index contributed by atoms with van der Waals surface area (Å²) < 4.78 is 1.78. The van der Waals surface area contributed by atoms with Crippen LogP contribution in [-0.2, 0) is 17.9 Å². The van der Waals surface area contributed by atoms with Gasteiger partial charge in [-0.1, -0.05) is 54.6 Å². The van der Waals surface area contributed by atoms with Gasteiger partial charge in [0.05, 0.1) is 12.3 Å². The second-order valence-corrected chi connectivity index (χ2v) is 7.53. The molecular weight excluding hydrogens is 368 g/mol. The van der Waals surface area contributed by atoms with Crippen molar-refractivity contribution in [3.05, 3.63) is 90.5 Å². The Balaban J connectivity index is 1.25. The zero-order chi connectivity index (χ0) is 19.2. The molecule has 0 atom stereocenters. The summed E-state index contributed by atoms with van der Waals surface area (Å²) in [5, 5.41) is 9.49. The highest BCUT2D eigenvalue weighted by Gasteiger charge is 2.04. The Kier molecular flexibility index (Phi) is 5.68. The maximum atomic E-state index is 12.2. The Labute approximate surface area is 167 Å². The monoisotopic (exact) mass is 388 g/mol. The summed E-state index contributed by atoms with van der Waals surface area (Å²) in [6.45, 7) is 1.22. The lowest BCUT2D eigenvalue weighted by atomic mass is 10.1. The molecule has 0 fully saturated rings. The van der Waals surface area contributed by atoms with Crippen LogP contribution in [-0.4, -0.2) is 26.4 Å². The third-order valence-corrected chi connectivity index (χ3v) is 5.41. The van der Waals surface area contributed by atoms with E-state index in [0.29, 0.717) is 18.8 Å². The molecule has 1 aromatic heterocycles. The number of thioether (sulfide) groups is 1. The molecule has 0 aliphatic rings. The fourth-order valence-corrected chi connectivity index (χ4v) is 3.70. The first kappa shape index (κ1) is 18.3. The number of carbonyl (C=O) groups excluding carboxylic acids is 1. The van der Waals surface area contributed by atoms with Crippen LogP contribution < -0.4 is 5.32 Å². The molecule has 4 aromatic rings. The molecule has 0 aliphatic carbocycles. The molecule has 1 N–H and O–H groups in total. The Hall–Kier alpha value is -3.12. The van der Waals surface area contributed by atoms with E-state index in [4.69, 9.17) is 0 Å². The van der Waals surface area contributed by atoms with Gasteiger partial charge in [0, 0.05) is 11.4 Å². The third-order valence-electron chi connectivity index (χ3n) is 4.41. The molecule has 140 valence electrons. The summed E-state index contributed by atoms with van der Waals surface area (Å²) in [6, 6.07) is 22.7. The molecule has 0 unspecified atom stereocenters. The Morgan fingerprint density at radius 1 is 0.964 bits per heavy atom. The number of carbonyl (C=O) groups is 1. The van der Waals surface area contributed by atoms with E-state index < -0.39 is 0 Å². The molecule has 0 saturated heterocycles. The smallest absolute Gasteiger partial charge is 0.230 e. The second-order valence-electron chi connectivity index (χ2n) is 6.48. The number of benzene rings is 3. The molecule has 6 heteroatoms. The normalized spacial score (nSPS) is 10.9. The number of aromatic nitrogens is 3. The van der Waals surface area contributed by atoms with Crippen LogP contribution in [0.25, 0.3) is 10.8 Å². The number of amides is 1. The lowest BCUT2D eigenvalue weighted by Crippen LogP contribution is -2.24. The second kappa shape index (κ2) is 8.71. The Bertz CT molecular complexity index is 1060. The fraction of sp³-hybridized carbons (Fsp3) is 0.136. The van der Waals surface area contributed by atoms with Crippen molar-refractivity contribution in [3.8, 4) is 0 Å². The van der Waals surface area contributed by atoms with Gasteiger partial charge in [0.2, 0.25) is 5.91 Å². The molecular formula is C22H20N4OS. The molecule has 1 heterocycles. The van der Waals surface area contributed by atoms with Crippen molar-refractivity contribution in [2.45, 2.75) is 18.0 Å². The molecule has 0 spiro atoms. The van der Waals surface area contributed by atoms with E-state index in [1.807, 2.05) is 36.4 Å². The summed E-state index contributed by atoms with van der Waals surface area (Å²) in [5.74, 6) is 0.438. The van der Waals surface area contributed by atoms with E-state index in [9.17, 15) is 4.79 Å². The zero-order valence-corrected chi connectivity index (χ0v) is 16.1. The molecule has 3 aromatic carbocycles. The van der Waals surface area contributed by atoms with Crippen LogP contribution in [0.4, 0.5) is 0 Å². The van der Waals surface area contributed by atoms with Gasteiger partial charge >= 0.3 is 0 Å². The van der Waals surface area contributed by atoms with Gasteiger partial charge in [-0.25, -0.2) is 9.67 Å². The van der Waals surface area contributed by atoms with E-state index in [2.05, 4.69) is 45.7 Å². The molecule has 0 aliphatic heterocycles. The van der Waals surface area contributed by atoms with Crippen molar-refractivity contribution in [3.63, 3.8) is 0 Å². The zero-order valence-electron chi connectivity index (χ0n) is 15.3. The Morgan fingerprint density at radius 3 is 2.54 bits per heavy atom. The molecule has 0 bridgehead atoms. The van der Waals surface area contributed by atoms with E-state index in [-0.39, 0.29) is 5.91 Å². The van der Waals surface area contributed by atoms with Crippen LogP contribution >= 0.6 is 11.8 Å². The number of nitrogens with zero attached hydrogens (tertiary/aromatic N) is 3. The SMILES string of the molecule is O=C(CSc1ccc2ccccc2c1)NCc1ccc(Cn2cncn2)cc1. The summed E-state index contributed by atoms with van der Waals surface area (Å²) >= 11 is 1.56. The topological polar surface area (TPSA) is 59.8 Å². The van der Waals surface area contributed by atoms with Crippen molar-refractivity contribution in [1.82, 2.24) is 20.1 Å². The van der Waals surface area contributed by atoms with Crippen molar-refractivity contribution >= 4 is 28.4 Å². The first-order valence-electron chi connectivity index (χ1n) is 9.05. The largest absolute Gasteiger partial charge is 0.351 e. The van der Waals surface area contributed by atoms with Crippen LogP contribution in [0, 0.1) is 0 Å². The fourth-order valence-electron chi connectivity index (χ4n) is 2.92. The average Bonchev–Trinajstić information content (AvgIpc) is 3.24. The molecule has 1 amide bonds. The third kappa shape index (κ3) is 4.78. The molecule has 4 rings (SSSR count). The highest BCUT2D eigenvalue weighted by atomic mass is 32.2.